The number of anilines is 1. The number of carbonyl (C=O) groups excluding carboxylic acids is 1. The fraction of sp³-hybridized carbons (Fsp3) is 0.400. The number of nitrogens with one attached hydrogen (secondary N) is 1. The summed E-state index contributed by atoms with van der Waals surface area (Å²) in [5, 5.41) is 9.18. The van der Waals surface area contributed by atoms with Crippen LogP contribution in [0.25, 0.3) is 0 Å². The van der Waals surface area contributed by atoms with E-state index in [1.807, 2.05) is 35.1 Å². The second-order valence-electron chi connectivity index (χ2n) is 8.37. The minimum atomic E-state index is -0.353. The summed E-state index contributed by atoms with van der Waals surface area (Å²) in [5.41, 5.74) is 4.25. The molecule has 3 aromatic rings. The summed E-state index contributed by atoms with van der Waals surface area (Å²) in [6.07, 6.45) is 2.74. The van der Waals surface area contributed by atoms with Crippen LogP contribution in [0.2, 0.25) is 0 Å². The quantitative estimate of drug-likeness (QED) is 0.388. The first-order chi connectivity index (χ1) is 16.5. The summed E-state index contributed by atoms with van der Waals surface area (Å²) in [6, 6.07) is 12.1. The van der Waals surface area contributed by atoms with E-state index < -0.39 is 0 Å². The van der Waals surface area contributed by atoms with Gasteiger partial charge in [-0.05, 0) is 37.7 Å². The smallest absolute Gasteiger partial charge is 0.340 e. The monoisotopic (exact) mass is 497 g/mol. The molecule has 0 atom stereocenters. The molecule has 0 amide bonds. The summed E-state index contributed by atoms with van der Waals surface area (Å²) in [5.74, 6) is -0.353. The van der Waals surface area contributed by atoms with Gasteiger partial charge in [-0.1, -0.05) is 30.3 Å². The molecule has 7 nitrogen and oxygen atoms in total. The van der Waals surface area contributed by atoms with Gasteiger partial charge in [0.2, 0.25) is 0 Å². The van der Waals surface area contributed by atoms with Crippen LogP contribution in [-0.4, -0.2) is 64.0 Å². The summed E-state index contributed by atoms with van der Waals surface area (Å²) < 4.78 is 7.05. The maximum Gasteiger partial charge on any atom is 0.340 e. The van der Waals surface area contributed by atoms with E-state index in [2.05, 4.69) is 46.2 Å². The van der Waals surface area contributed by atoms with Crippen molar-refractivity contribution in [3.8, 4) is 0 Å². The number of benzene rings is 1. The first kappa shape index (κ1) is 24.4. The number of carbonyl (C=O) groups is 1. The number of thiocarbonyl (C=S) groups is 1. The fourth-order valence-electron chi connectivity index (χ4n) is 4.17. The molecular formula is C25H31N5O2S2. The molecule has 0 bridgehead atoms. The summed E-state index contributed by atoms with van der Waals surface area (Å²) in [4.78, 5) is 18.1. The van der Waals surface area contributed by atoms with Crippen molar-refractivity contribution in [1.82, 2.24) is 19.6 Å². The zero-order chi connectivity index (χ0) is 24.1. The van der Waals surface area contributed by atoms with Gasteiger partial charge in [-0.25, -0.2) is 4.79 Å². The molecule has 1 saturated heterocycles. The van der Waals surface area contributed by atoms with E-state index in [0.29, 0.717) is 10.7 Å². The molecule has 4 rings (SSSR count). The van der Waals surface area contributed by atoms with Crippen LogP contribution in [0.5, 0.6) is 0 Å². The van der Waals surface area contributed by atoms with Crippen LogP contribution in [0.1, 0.15) is 39.0 Å². The number of hydrogen-bond acceptors (Lipinski definition) is 6. The lowest BCUT2D eigenvalue weighted by Crippen LogP contribution is -2.49. The SMILES string of the molecule is CCn1ncc(CN2CCN(C(=S)Nc3sc(Cc4ccccc4)cc3C(=O)OC)CC2)c1C. The lowest BCUT2D eigenvalue weighted by molar-refractivity contribution is 0.0602. The Labute approximate surface area is 210 Å². The average Bonchev–Trinajstić information content (AvgIpc) is 3.42. The second-order valence-corrected chi connectivity index (χ2v) is 9.90. The number of ether oxygens (including phenoxy) is 1. The third-order valence-corrected chi connectivity index (χ3v) is 7.60. The molecule has 34 heavy (non-hydrogen) atoms. The highest BCUT2D eigenvalue weighted by molar-refractivity contribution is 7.80. The van der Waals surface area contributed by atoms with Gasteiger partial charge in [0.25, 0.3) is 0 Å². The van der Waals surface area contributed by atoms with Crippen LogP contribution in [0.4, 0.5) is 5.00 Å². The fourth-order valence-corrected chi connectivity index (χ4v) is 5.59. The van der Waals surface area contributed by atoms with Crippen molar-refractivity contribution >= 4 is 39.6 Å². The Balaban J connectivity index is 1.37. The van der Waals surface area contributed by atoms with Crippen LogP contribution in [-0.2, 0) is 24.2 Å². The van der Waals surface area contributed by atoms with Crippen LogP contribution < -0.4 is 5.32 Å². The van der Waals surface area contributed by atoms with E-state index in [-0.39, 0.29) is 5.97 Å². The first-order valence-electron chi connectivity index (χ1n) is 11.5. The van der Waals surface area contributed by atoms with E-state index in [0.717, 1.165) is 55.6 Å². The van der Waals surface area contributed by atoms with Crippen molar-refractivity contribution in [2.75, 3.05) is 38.6 Å². The summed E-state index contributed by atoms with van der Waals surface area (Å²) in [7, 11) is 1.41. The molecule has 180 valence electrons. The minimum absolute atomic E-state index is 0.353. The van der Waals surface area contributed by atoms with Gasteiger partial charge >= 0.3 is 5.97 Å². The molecule has 2 aromatic heterocycles. The largest absolute Gasteiger partial charge is 0.465 e. The molecule has 9 heteroatoms. The molecule has 3 heterocycles. The van der Waals surface area contributed by atoms with Gasteiger partial charge < -0.3 is 15.0 Å². The number of aryl methyl sites for hydroxylation is 1. The number of aromatic nitrogens is 2. The summed E-state index contributed by atoms with van der Waals surface area (Å²) >= 11 is 7.28. The topological polar surface area (TPSA) is 62.6 Å². The van der Waals surface area contributed by atoms with E-state index >= 15 is 0 Å². The Morgan fingerprint density at radius 3 is 2.59 bits per heavy atom. The van der Waals surface area contributed by atoms with Crippen molar-refractivity contribution in [1.29, 1.82) is 0 Å². The van der Waals surface area contributed by atoms with Crippen LogP contribution in [0.15, 0.2) is 42.6 Å². The molecule has 1 aliphatic heterocycles. The van der Waals surface area contributed by atoms with Gasteiger partial charge in [0.05, 0.1) is 18.9 Å². The molecule has 1 fully saturated rings. The number of thiophene rings is 1. The van der Waals surface area contributed by atoms with Gasteiger partial charge in [-0.2, -0.15) is 5.10 Å². The highest BCUT2D eigenvalue weighted by atomic mass is 32.1. The Bertz CT molecular complexity index is 1130. The van der Waals surface area contributed by atoms with Crippen LogP contribution >= 0.6 is 23.6 Å². The molecule has 0 saturated carbocycles. The first-order valence-corrected chi connectivity index (χ1v) is 12.8. The number of nitrogens with zero attached hydrogens (tertiary/aromatic N) is 4. The Morgan fingerprint density at radius 2 is 1.94 bits per heavy atom. The van der Waals surface area contributed by atoms with Gasteiger partial charge in [0.15, 0.2) is 5.11 Å². The van der Waals surface area contributed by atoms with E-state index in [1.165, 1.54) is 23.9 Å². The molecule has 0 radical (unpaired) electrons. The molecule has 1 aromatic carbocycles. The predicted molar refractivity (Wildman–Crippen MR) is 141 cm³/mol. The molecule has 0 spiro atoms. The number of hydrogen-bond donors (Lipinski definition) is 1. The third-order valence-electron chi connectivity index (χ3n) is 6.19. The zero-order valence-electron chi connectivity index (χ0n) is 19.9. The zero-order valence-corrected chi connectivity index (χ0v) is 21.5. The van der Waals surface area contributed by atoms with Gasteiger partial charge in [0.1, 0.15) is 5.00 Å². The number of piperazine rings is 1. The Morgan fingerprint density at radius 1 is 1.21 bits per heavy atom. The normalized spacial score (nSPS) is 14.3. The third kappa shape index (κ3) is 5.65. The minimum Gasteiger partial charge on any atom is -0.465 e. The van der Waals surface area contributed by atoms with Crippen molar-refractivity contribution in [3.63, 3.8) is 0 Å². The van der Waals surface area contributed by atoms with Crippen LogP contribution in [0.3, 0.4) is 0 Å². The lowest BCUT2D eigenvalue weighted by atomic mass is 10.1. The molecule has 1 N–H and O–H groups in total. The number of esters is 1. The summed E-state index contributed by atoms with van der Waals surface area (Å²) in [6.45, 7) is 9.56. The van der Waals surface area contributed by atoms with Crippen molar-refractivity contribution < 1.29 is 9.53 Å². The lowest BCUT2D eigenvalue weighted by Gasteiger charge is -2.36. The second kappa shape index (κ2) is 11.1. The van der Waals surface area contributed by atoms with Gasteiger partial charge in [-0.15, -0.1) is 11.3 Å². The maximum atomic E-state index is 12.4. The standard InChI is InChI=1S/C25H31N5O2S2/c1-4-30-18(2)20(16-26-30)17-28-10-12-29(13-11-28)25(33)27-23-22(24(31)32-3)15-21(34-23)14-19-8-6-5-7-9-19/h5-9,15-16H,4,10-14,17H2,1-3H3,(H,27,33). The predicted octanol–water partition coefficient (Wildman–Crippen LogP) is 4.16. The Kier molecular flexibility index (Phi) is 7.97. The number of methoxy groups -OCH3 is 1. The number of rotatable bonds is 7. The highest BCUT2D eigenvalue weighted by Crippen LogP contribution is 2.31. The Hall–Kier alpha value is -2.75. The molecule has 0 aliphatic carbocycles. The van der Waals surface area contributed by atoms with Crippen LogP contribution in [0, 0.1) is 6.92 Å². The van der Waals surface area contributed by atoms with Gasteiger partial charge in [0, 0.05) is 61.8 Å². The van der Waals surface area contributed by atoms with Crippen molar-refractivity contribution in [3.05, 3.63) is 69.9 Å². The van der Waals surface area contributed by atoms with E-state index in [9.17, 15) is 4.79 Å². The molecule has 1 aliphatic rings. The van der Waals surface area contributed by atoms with Crippen molar-refractivity contribution in [2.24, 2.45) is 0 Å². The van der Waals surface area contributed by atoms with E-state index in [4.69, 9.17) is 17.0 Å². The van der Waals surface area contributed by atoms with Gasteiger partial charge in [-0.3, -0.25) is 9.58 Å². The van der Waals surface area contributed by atoms with E-state index in [1.54, 1.807) is 11.3 Å². The maximum absolute atomic E-state index is 12.4. The van der Waals surface area contributed by atoms with Crippen molar-refractivity contribution in [2.45, 2.75) is 33.4 Å². The highest BCUT2D eigenvalue weighted by Gasteiger charge is 2.23. The average molecular weight is 498 g/mol. The molecular weight excluding hydrogens is 466 g/mol. The molecule has 0 unspecified atom stereocenters.